The summed E-state index contributed by atoms with van der Waals surface area (Å²) in [5.41, 5.74) is 0. The molecule has 143 valence electrons. The van der Waals surface area contributed by atoms with Crippen LogP contribution in [0.4, 0.5) is 0 Å². The van der Waals surface area contributed by atoms with Gasteiger partial charge in [0.15, 0.2) is 0 Å². The third kappa shape index (κ3) is 23.9. The summed E-state index contributed by atoms with van der Waals surface area (Å²) in [5.74, 6) is -0.283. The van der Waals surface area contributed by atoms with Gasteiger partial charge in [-0.2, -0.15) is 0 Å². The summed E-state index contributed by atoms with van der Waals surface area (Å²) < 4.78 is 0. The average Bonchev–Trinajstić information content (AvgIpc) is 2.52. The van der Waals surface area contributed by atoms with E-state index in [1.165, 1.54) is 70.6 Å². The van der Waals surface area contributed by atoms with Gasteiger partial charge in [-0.25, -0.2) is 0 Å². The molecule has 0 aliphatic rings. The van der Waals surface area contributed by atoms with Crippen LogP contribution in [-0.2, 0) is 9.59 Å². The maximum Gasteiger partial charge on any atom is 0.322 e. The van der Waals surface area contributed by atoms with Crippen molar-refractivity contribution in [3.05, 3.63) is 0 Å². The minimum absolute atomic E-state index is 0. The molecular weight excluding hydrogens is 325 g/mol. The second kappa shape index (κ2) is 20.3. The fourth-order valence-electron chi connectivity index (χ4n) is 2.87. The molecule has 2 N–H and O–H groups in total. The first-order valence-corrected chi connectivity index (χ1v) is 10.0. The van der Waals surface area contributed by atoms with E-state index in [2.05, 4.69) is 19.2 Å². The molecule has 0 saturated heterocycles. The molecular formula is C20H39NNaO3. The molecule has 1 radical (unpaired) electrons. The van der Waals surface area contributed by atoms with Gasteiger partial charge in [-0.3, -0.25) is 9.59 Å². The van der Waals surface area contributed by atoms with Crippen LogP contribution in [0.25, 0.3) is 0 Å². The van der Waals surface area contributed by atoms with E-state index in [1.807, 2.05) is 0 Å². The zero-order valence-electron chi connectivity index (χ0n) is 16.9. The van der Waals surface area contributed by atoms with Crippen LogP contribution in [0, 0.1) is 5.92 Å². The number of carbonyl (C=O) groups is 2. The van der Waals surface area contributed by atoms with Crippen molar-refractivity contribution in [3.63, 3.8) is 0 Å². The van der Waals surface area contributed by atoms with Gasteiger partial charge in [0, 0.05) is 36.0 Å². The molecule has 5 heteroatoms. The van der Waals surface area contributed by atoms with Crippen LogP contribution in [-0.4, -0.2) is 53.1 Å². The molecule has 0 spiro atoms. The van der Waals surface area contributed by atoms with Crippen LogP contribution in [0.2, 0.25) is 0 Å². The fraction of sp³-hybridized carbons (Fsp3) is 0.900. The Bertz CT molecular complexity index is 322. The first-order chi connectivity index (χ1) is 11.5. The topological polar surface area (TPSA) is 66.4 Å². The van der Waals surface area contributed by atoms with E-state index in [0.717, 1.165) is 18.8 Å². The number of carboxylic acids is 1. The third-order valence-corrected chi connectivity index (χ3v) is 4.37. The summed E-state index contributed by atoms with van der Waals surface area (Å²) >= 11 is 0. The number of unbranched alkanes of at least 4 members (excludes halogenated alkanes) is 11. The van der Waals surface area contributed by atoms with Crippen molar-refractivity contribution in [3.8, 4) is 0 Å². The van der Waals surface area contributed by atoms with Gasteiger partial charge in [0.05, 0.1) is 0 Å². The Hall–Kier alpha value is -0.0600. The summed E-state index contributed by atoms with van der Waals surface area (Å²) in [6.07, 6.45) is 17.2. The molecule has 0 atom stereocenters. The number of carboxylic acid groups (broad SMARTS) is 1. The quantitative estimate of drug-likeness (QED) is 0.284. The predicted molar refractivity (Wildman–Crippen MR) is 106 cm³/mol. The molecule has 0 aliphatic heterocycles. The molecule has 0 saturated carbocycles. The fourth-order valence-corrected chi connectivity index (χ4v) is 2.87. The SMILES string of the molecule is CC(C)CCCCCCCCCCCCCCC(=O)NCC(=O)O.[Na]. The van der Waals surface area contributed by atoms with Gasteiger partial charge in [0.25, 0.3) is 0 Å². The molecule has 0 unspecified atom stereocenters. The van der Waals surface area contributed by atoms with Crippen LogP contribution >= 0.6 is 0 Å². The molecule has 1 amide bonds. The largest absolute Gasteiger partial charge is 0.480 e. The van der Waals surface area contributed by atoms with Crippen molar-refractivity contribution in [2.75, 3.05) is 6.54 Å². The van der Waals surface area contributed by atoms with E-state index >= 15 is 0 Å². The minimum Gasteiger partial charge on any atom is -0.480 e. The van der Waals surface area contributed by atoms with Crippen molar-refractivity contribution >= 4 is 41.4 Å². The number of aliphatic carboxylic acids is 1. The second-order valence-electron chi connectivity index (χ2n) is 7.35. The number of amides is 1. The summed E-state index contributed by atoms with van der Waals surface area (Å²) in [6, 6.07) is 0. The van der Waals surface area contributed by atoms with Crippen LogP contribution in [0.3, 0.4) is 0 Å². The molecule has 25 heavy (non-hydrogen) atoms. The van der Waals surface area contributed by atoms with Crippen molar-refractivity contribution in [1.29, 1.82) is 0 Å². The summed E-state index contributed by atoms with van der Waals surface area (Å²) in [7, 11) is 0. The van der Waals surface area contributed by atoms with Gasteiger partial charge in [0.2, 0.25) is 5.91 Å². The van der Waals surface area contributed by atoms with Gasteiger partial charge >= 0.3 is 5.97 Å². The van der Waals surface area contributed by atoms with E-state index in [9.17, 15) is 9.59 Å². The number of hydrogen-bond acceptors (Lipinski definition) is 2. The minimum atomic E-state index is -0.987. The average molecular weight is 365 g/mol. The molecule has 0 aromatic heterocycles. The summed E-state index contributed by atoms with van der Waals surface area (Å²) in [6.45, 7) is 4.33. The predicted octanol–water partition coefficient (Wildman–Crippen LogP) is 4.92. The Balaban J connectivity index is 0. The van der Waals surface area contributed by atoms with Crippen molar-refractivity contribution in [2.45, 2.75) is 104 Å². The Labute approximate surface area is 177 Å². The Morgan fingerprint density at radius 3 is 1.56 bits per heavy atom. The molecule has 0 rings (SSSR count). The van der Waals surface area contributed by atoms with E-state index in [0.29, 0.717) is 6.42 Å². The molecule has 0 fully saturated rings. The molecule has 0 bridgehead atoms. The van der Waals surface area contributed by atoms with Crippen molar-refractivity contribution in [2.24, 2.45) is 5.92 Å². The van der Waals surface area contributed by atoms with Crippen LogP contribution in [0.1, 0.15) is 104 Å². The Morgan fingerprint density at radius 2 is 1.16 bits per heavy atom. The second-order valence-corrected chi connectivity index (χ2v) is 7.35. The zero-order chi connectivity index (χ0) is 18.0. The van der Waals surface area contributed by atoms with E-state index in [-0.39, 0.29) is 42.0 Å². The number of rotatable bonds is 17. The van der Waals surface area contributed by atoms with Gasteiger partial charge in [-0.1, -0.05) is 90.9 Å². The number of nitrogens with one attached hydrogen (secondary N) is 1. The Morgan fingerprint density at radius 1 is 0.760 bits per heavy atom. The first kappa shape index (κ1) is 27.2. The smallest absolute Gasteiger partial charge is 0.322 e. The molecule has 4 nitrogen and oxygen atoms in total. The maximum absolute atomic E-state index is 11.3. The normalized spacial score (nSPS) is 10.5. The number of hydrogen-bond donors (Lipinski definition) is 2. The van der Waals surface area contributed by atoms with E-state index in [4.69, 9.17) is 5.11 Å². The van der Waals surface area contributed by atoms with Crippen LogP contribution in [0.5, 0.6) is 0 Å². The van der Waals surface area contributed by atoms with Gasteiger partial charge in [-0.15, -0.1) is 0 Å². The van der Waals surface area contributed by atoms with E-state index < -0.39 is 5.97 Å². The van der Waals surface area contributed by atoms with E-state index in [1.54, 1.807) is 0 Å². The van der Waals surface area contributed by atoms with Crippen LogP contribution < -0.4 is 5.32 Å². The monoisotopic (exact) mass is 364 g/mol. The first-order valence-electron chi connectivity index (χ1n) is 10.0. The molecule has 0 heterocycles. The maximum atomic E-state index is 11.3. The number of carbonyl (C=O) groups excluding carboxylic acids is 1. The van der Waals surface area contributed by atoms with Crippen LogP contribution in [0.15, 0.2) is 0 Å². The van der Waals surface area contributed by atoms with Gasteiger partial charge in [0.1, 0.15) is 6.54 Å². The van der Waals surface area contributed by atoms with Gasteiger partial charge < -0.3 is 10.4 Å². The van der Waals surface area contributed by atoms with Crippen molar-refractivity contribution in [1.82, 2.24) is 5.32 Å². The Kier molecular flexibility index (Phi) is 22.0. The molecule has 0 aromatic rings. The molecule has 0 aliphatic carbocycles. The summed E-state index contributed by atoms with van der Waals surface area (Å²) in [5, 5.41) is 10.8. The summed E-state index contributed by atoms with van der Waals surface area (Å²) in [4.78, 5) is 21.6. The standard InChI is InChI=1S/C20H39NO3.Na/c1-18(2)15-13-11-9-7-5-3-4-6-8-10-12-14-16-19(22)21-17-20(23)24;/h18H,3-17H2,1-2H3,(H,21,22)(H,23,24);. The third-order valence-electron chi connectivity index (χ3n) is 4.37. The van der Waals surface area contributed by atoms with Gasteiger partial charge in [-0.05, 0) is 12.3 Å². The molecule has 0 aromatic carbocycles. The zero-order valence-corrected chi connectivity index (χ0v) is 18.9. The van der Waals surface area contributed by atoms with Crippen molar-refractivity contribution < 1.29 is 14.7 Å².